The highest BCUT2D eigenvalue weighted by atomic mass is 16.5. The molecule has 1 fully saturated rings. The first-order valence-corrected chi connectivity index (χ1v) is 7.09. The zero-order chi connectivity index (χ0) is 13.9. The molecule has 1 heterocycles. The smallest absolute Gasteiger partial charge is 0.174 e. The number of Topliss-reactive ketones (excluding diaryl/α,β-unsaturated/α-hetero) is 1. The summed E-state index contributed by atoms with van der Waals surface area (Å²) in [5, 5.41) is 3.33. The summed E-state index contributed by atoms with van der Waals surface area (Å²) in [6, 6.07) is 7.59. The maximum atomic E-state index is 13.0. The second-order valence-corrected chi connectivity index (χ2v) is 5.50. The van der Waals surface area contributed by atoms with E-state index in [-0.39, 0.29) is 11.2 Å². The number of ketones is 1. The maximum absolute atomic E-state index is 13.0. The highest BCUT2D eigenvalue weighted by molar-refractivity contribution is 6.03. The molecule has 0 spiro atoms. The Kier molecular flexibility index (Phi) is 4.25. The van der Waals surface area contributed by atoms with Crippen LogP contribution in [0.2, 0.25) is 0 Å². The van der Waals surface area contributed by atoms with E-state index in [1.54, 1.807) is 0 Å². The minimum absolute atomic E-state index is 0.219. The molecule has 0 aliphatic carbocycles. The molecule has 0 radical (unpaired) electrons. The molecule has 0 saturated carbocycles. The average molecular weight is 261 g/mol. The van der Waals surface area contributed by atoms with Crippen molar-refractivity contribution in [3.8, 4) is 5.75 Å². The number of para-hydroxylation sites is 1. The van der Waals surface area contributed by atoms with Crippen LogP contribution in [0.3, 0.4) is 0 Å². The molecule has 1 aliphatic heterocycles. The van der Waals surface area contributed by atoms with Crippen LogP contribution in [-0.2, 0) is 0 Å². The van der Waals surface area contributed by atoms with Gasteiger partial charge in [-0.15, -0.1) is 0 Å². The molecule has 2 rings (SSSR count). The van der Waals surface area contributed by atoms with E-state index >= 15 is 0 Å². The standard InChI is InChI=1S/C16H23NO2/c1-4-19-14-8-6-5-7-13(14)15(18)16(12(2)3)9-10-17-11-16/h5-8,12,17H,4,9-11H2,1-3H3. The molecule has 0 bridgehead atoms. The van der Waals surface area contributed by atoms with E-state index < -0.39 is 0 Å². The van der Waals surface area contributed by atoms with Crippen molar-refractivity contribution in [3.63, 3.8) is 0 Å². The Bertz CT molecular complexity index is 448. The second-order valence-electron chi connectivity index (χ2n) is 5.50. The van der Waals surface area contributed by atoms with Crippen molar-refractivity contribution in [2.45, 2.75) is 27.2 Å². The summed E-state index contributed by atoms with van der Waals surface area (Å²) >= 11 is 0. The Balaban J connectivity index is 2.37. The first kappa shape index (κ1) is 14.1. The van der Waals surface area contributed by atoms with Gasteiger partial charge >= 0.3 is 0 Å². The van der Waals surface area contributed by atoms with Crippen molar-refractivity contribution in [1.29, 1.82) is 0 Å². The first-order valence-electron chi connectivity index (χ1n) is 7.09. The molecule has 0 amide bonds. The van der Waals surface area contributed by atoms with Crippen LogP contribution in [0.15, 0.2) is 24.3 Å². The van der Waals surface area contributed by atoms with Crippen LogP contribution < -0.4 is 10.1 Å². The minimum Gasteiger partial charge on any atom is -0.493 e. The lowest BCUT2D eigenvalue weighted by molar-refractivity contribution is 0.0736. The predicted molar refractivity (Wildman–Crippen MR) is 76.7 cm³/mol. The monoisotopic (exact) mass is 261 g/mol. The largest absolute Gasteiger partial charge is 0.493 e. The fraction of sp³-hybridized carbons (Fsp3) is 0.562. The lowest BCUT2D eigenvalue weighted by Crippen LogP contribution is -2.38. The van der Waals surface area contributed by atoms with E-state index in [1.807, 2.05) is 31.2 Å². The van der Waals surface area contributed by atoms with Crippen LogP contribution in [0, 0.1) is 11.3 Å². The van der Waals surface area contributed by atoms with Crippen molar-refractivity contribution in [2.24, 2.45) is 11.3 Å². The molecule has 19 heavy (non-hydrogen) atoms. The number of benzene rings is 1. The van der Waals surface area contributed by atoms with Crippen molar-refractivity contribution < 1.29 is 9.53 Å². The zero-order valence-corrected chi connectivity index (χ0v) is 12.0. The third-order valence-corrected chi connectivity index (χ3v) is 4.18. The summed E-state index contributed by atoms with van der Waals surface area (Å²) in [6.07, 6.45) is 0.907. The molecule has 3 heteroatoms. The summed E-state index contributed by atoms with van der Waals surface area (Å²) < 4.78 is 5.60. The molecule has 1 aromatic rings. The quantitative estimate of drug-likeness (QED) is 0.828. The van der Waals surface area contributed by atoms with E-state index in [0.29, 0.717) is 18.3 Å². The van der Waals surface area contributed by atoms with E-state index in [2.05, 4.69) is 19.2 Å². The molecule has 3 nitrogen and oxygen atoms in total. The van der Waals surface area contributed by atoms with Crippen LogP contribution in [-0.4, -0.2) is 25.5 Å². The van der Waals surface area contributed by atoms with Gasteiger partial charge in [0.2, 0.25) is 0 Å². The summed E-state index contributed by atoms with van der Waals surface area (Å²) in [4.78, 5) is 13.0. The van der Waals surface area contributed by atoms with E-state index in [1.165, 1.54) is 0 Å². The van der Waals surface area contributed by atoms with Crippen LogP contribution >= 0.6 is 0 Å². The van der Waals surface area contributed by atoms with E-state index in [9.17, 15) is 4.79 Å². The summed E-state index contributed by atoms with van der Waals surface area (Å²) in [5.41, 5.74) is 0.439. The van der Waals surface area contributed by atoms with Gasteiger partial charge in [0, 0.05) is 12.0 Å². The summed E-state index contributed by atoms with van der Waals surface area (Å²) in [6.45, 7) is 8.47. The predicted octanol–water partition coefficient (Wildman–Crippen LogP) is 2.90. The topological polar surface area (TPSA) is 38.3 Å². The summed E-state index contributed by atoms with van der Waals surface area (Å²) in [5.74, 6) is 1.25. The number of carbonyl (C=O) groups is 1. The van der Waals surface area contributed by atoms with Crippen LogP contribution in [0.4, 0.5) is 0 Å². The normalized spacial score (nSPS) is 22.7. The Morgan fingerprint density at radius 2 is 2.16 bits per heavy atom. The van der Waals surface area contributed by atoms with Crippen molar-refractivity contribution in [3.05, 3.63) is 29.8 Å². The number of hydrogen-bond donors (Lipinski definition) is 1. The SMILES string of the molecule is CCOc1ccccc1C(=O)C1(C(C)C)CCNC1. The number of nitrogens with one attached hydrogen (secondary N) is 1. The highest BCUT2D eigenvalue weighted by Gasteiger charge is 2.44. The fourth-order valence-corrected chi connectivity index (χ4v) is 2.86. The Morgan fingerprint density at radius 3 is 2.74 bits per heavy atom. The van der Waals surface area contributed by atoms with Gasteiger partial charge in [-0.3, -0.25) is 4.79 Å². The molecule has 1 aliphatic rings. The van der Waals surface area contributed by atoms with Crippen LogP contribution in [0.25, 0.3) is 0 Å². The summed E-state index contributed by atoms with van der Waals surface area (Å²) in [7, 11) is 0. The zero-order valence-electron chi connectivity index (χ0n) is 12.0. The van der Waals surface area contributed by atoms with Crippen molar-refractivity contribution in [1.82, 2.24) is 5.32 Å². The number of ether oxygens (including phenoxy) is 1. The Hall–Kier alpha value is -1.35. The Morgan fingerprint density at radius 1 is 1.42 bits per heavy atom. The van der Waals surface area contributed by atoms with E-state index in [4.69, 9.17) is 4.74 Å². The lowest BCUT2D eigenvalue weighted by Gasteiger charge is -2.31. The van der Waals surface area contributed by atoms with Gasteiger partial charge in [-0.2, -0.15) is 0 Å². The van der Waals surface area contributed by atoms with Gasteiger partial charge in [0.1, 0.15) is 5.75 Å². The first-order chi connectivity index (χ1) is 9.12. The molecular weight excluding hydrogens is 238 g/mol. The fourth-order valence-electron chi connectivity index (χ4n) is 2.86. The van der Waals surface area contributed by atoms with E-state index in [0.717, 1.165) is 25.1 Å². The van der Waals surface area contributed by atoms with Gasteiger partial charge in [0.05, 0.1) is 12.2 Å². The number of carbonyl (C=O) groups excluding carboxylic acids is 1. The highest BCUT2D eigenvalue weighted by Crippen LogP contribution is 2.39. The lowest BCUT2D eigenvalue weighted by atomic mass is 9.71. The maximum Gasteiger partial charge on any atom is 0.174 e. The molecule has 1 N–H and O–H groups in total. The molecule has 1 saturated heterocycles. The molecule has 1 unspecified atom stereocenters. The van der Waals surface area contributed by atoms with Crippen LogP contribution in [0.5, 0.6) is 5.75 Å². The second kappa shape index (κ2) is 5.74. The molecule has 0 aromatic heterocycles. The van der Waals surface area contributed by atoms with Gasteiger partial charge in [-0.1, -0.05) is 26.0 Å². The molecule has 1 aromatic carbocycles. The van der Waals surface area contributed by atoms with Gasteiger partial charge < -0.3 is 10.1 Å². The van der Waals surface area contributed by atoms with Crippen LogP contribution in [0.1, 0.15) is 37.6 Å². The molecule has 1 atom stereocenters. The van der Waals surface area contributed by atoms with Crippen molar-refractivity contribution >= 4 is 5.78 Å². The average Bonchev–Trinajstić information content (AvgIpc) is 2.89. The Labute approximate surface area is 115 Å². The van der Waals surface area contributed by atoms with Gasteiger partial charge in [0.25, 0.3) is 0 Å². The number of hydrogen-bond acceptors (Lipinski definition) is 3. The molecular formula is C16H23NO2. The van der Waals surface area contributed by atoms with Gasteiger partial charge in [-0.05, 0) is 37.9 Å². The number of rotatable bonds is 5. The van der Waals surface area contributed by atoms with Gasteiger partial charge in [-0.25, -0.2) is 0 Å². The third kappa shape index (κ3) is 2.52. The third-order valence-electron chi connectivity index (χ3n) is 4.18. The van der Waals surface area contributed by atoms with Crippen molar-refractivity contribution in [2.75, 3.05) is 19.7 Å². The van der Waals surface area contributed by atoms with Gasteiger partial charge in [0.15, 0.2) is 5.78 Å². The minimum atomic E-state index is -0.285. The molecule has 104 valence electrons.